The number of nitrogens with zero attached hydrogens (tertiary/aromatic N) is 4. The van der Waals surface area contributed by atoms with E-state index in [1.165, 1.54) is 24.3 Å². The van der Waals surface area contributed by atoms with Gasteiger partial charge in [-0.2, -0.15) is 0 Å². The van der Waals surface area contributed by atoms with E-state index >= 15 is 0 Å². The second kappa shape index (κ2) is 18.4. The van der Waals surface area contributed by atoms with Gasteiger partial charge in [-0.25, -0.2) is 4.39 Å². The maximum atomic E-state index is 13.4. The van der Waals surface area contributed by atoms with E-state index in [0.29, 0.717) is 54.0 Å². The van der Waals surface area contributed by atoms with Crippen molar-refractivity contribution in [2.24, 2.45) is 11.3 Å². The molecular weight excluding hydrogens is 874 g/mol. The third-order valence-corrected chi connectivity index (χ3v) is 13.8. The lowest BCUT2D eigenvalue weighted by Gasteiger charge is -2.36. The Bertz CT molecular complexity index is 2820. The highest BCUT2D eigenvalue weighted by molar-refractivity contribution is 6.24. The normalized spacial score (nSPS) is 19.4. The third-order valence-electron chi connectivity index (χ3n) is 13.8. The largest absolute Gasteiger partial charge is 0.495 e. The van der Waals surface area contributed by atoms with Crippen molar-refractivity contribution in [3.8, 4) is 17.2 Å². The number of aromatic nitrogens is 1. The molecule has 1 saturated carbocycles. The number of amides is 6. The summed E-state index contributed by atoms with van der Waals surface area (Å²) in [6.45, 7) is 3.80. The molecule has 1 unspecified atom stereocenters. The molecule has 5 aromatic rings. The molecule has 6 amide bonds. The predicted molar refractivity (Wildman–Crippen MR) is 249 cm³/mol. The molecule has 1 atom stereocenters. The molecule has 1 aromatic heterocycles. The van der Waals surface area contributed by atoms with Gasteiger partial charge in [-0.05, 0) is 136 Å². The summed E-state index contributed by atoms with van der Waals surface area (Å²) in [6.07, 6.45) is 6.42. The molecule has 10 rings (SSSR count). The van der Waals surface area contributed by atoms with Crippen LogP contribution in [0.15, 0.2) is 91.1 Å². The summed E-state index contributed by atoms with van der Waals surface area (Å²) < 4.78 is 32.1. The van der Waals surface area contributed by atoms with Crippen LogP contribution in [-0.4, -0.2) is 97.4 Å². The molecule has 0 bridgehead atoms. The summed E-state index contributed by atoms with van der Waals surface area (Å²) in [5.41, 5.74) is 2.86. The zero-order valence-electron chi connectivity index (χ0n) is 37.4. The maximum absolute atomic E-state index is 13.4. The van der Waals surface area contributed by atoms with Crippen molar-refractivity contribution in [1.82, 2.24) is 15.2 Å². The van der Waals surface area contributed by atoms with Crippen LogP contribution in [0, 0.1) is 17.2 Å². The van der Waals surface area contributed by atoms with E-state index in [4.69, 9.17) is 14.2 Å². The van der Waals surface area contributed by atoms with Crippen LogP contribution in [0.25, 0.3) is 10.9 Å². The van der Waals surface area contributed by atoms with Crippen molar-refractivity contribution in [3.63, 3.8) is 0 Å². The minimum absolute atomic E-state index is 0.0771. The van der Waals surface area contributed by atoms with Gasteiger partial charge in [0.25, 0.3) is 11.8 Å². The molecule has 4 fully saturated rings. The molecule has 4 aliphatic heterocycles. The van der Waals surface area contributed by atoms with Crippen LogP contribution in [0.4, 0.5) is 27.1 Å². The average molecular weight is 924 g/mol. The number of hydrogen-bond donors (Lipinski definition) is 3. The van der Waals surface area contributed by atoms with E-state index in [1.54, 1.807) is 55.8 Å². The van der Waals surface area contributed by atoms with Gasteiger partial charge in [0.05, 0.1) is 35.5 Å². The van der Waals surface area contributed by atoms with E-state index in [9.17, 15) is 33.2 Å². The van der Waals surface area contributed by atoms with E-state index in [2.05, 4.69) is 30.7 Å². The molecule has 16 nitrogen and oxygen atoms in total. The first-order valence-corrected chi connectivity index (χ1v) is 23.1. The van der Waals surface area contributed by atoms with Crippen LogP contribution >= 0.6 is 0 Å². The summed E-state index contributed by atoms with van der Waals surface area (Å²) >= 11 is 0. The fourth-order valence-corrected chi connectivity index (χ4v) is 9.64. The van der Waals surface area contributed by atoms with Gasteiger partial charge in [-0.3, -0.25) is 44.0 Å². The molecule has 4 aromatic carbocycles. The minimum atomic E-state index is -1.18. The quantitative estimate of drug-likeness (QED) is 0.0826. The molecule has 350 valence electrons. The lowest BCUT2D eigenvalue weighted by atomic mass is 9.96. The zero-order chi connectivity index (χ0) is 47.1. The average Bonchev–Trinajstić information content (AvgIpc) is 4.14. The summed E-state index contributed by atoms with van der Waals surface area (Å²) in [7, 11) is 1.65. The fraction of sp³-hybridized carbons (Fsp3) is 0.353. The number of halogens is 1. The van der Waals surface area contributed by atoms with Gasteiger partial charge in [0.15, 0.2) is 0 Å². The van der Waals surface area contributed by atoms with Gasteiger partial charge in [0.1, 0.15) is 34.5 Å². The highest BCUT2D eigenvalue weighted by Gasteiger charge is 2.56. The van der Waals surface area contributed by atoms with Crippen LogP contribution in [0.5, 0.6) is 17.2 Å². The smallest absolute Gasteiger partial charge is 0.262 e. The molecule has 1 aliphatic carbocycles. The number of imide groups is 2. The summed E-state index contributed by atoms with van der Waals surface area (Å²) in [5.74, 6) is -1.07. The number of anilines is 4. The van der Waals surface area contributed by atoms with Crippen LogP contribution in [0.2, 0.25) is 0 Å². The molecule has 17 heteroatoms. The predicted octanol–water partition coefficient (Wildman–Crippen LogP) is 6.84. The molecule has 3 saturated heterocycles. The number of carbonyl (C=O) groups excluding carboxylic acids is 6. The lowest BCUT2D eigenvalue weighted by Crippen LogP contribution is -2.54. The second-order valence-electron chi connectivity index (χ2n) is 18.1. The standard InChI is InChI=1S/C51H50FN7O9/c1-66-44-27-39-40(53-21-14-43(39)68-36-9-6-33(7-10-36)55-50(65)51(19-20-51)49(64)54-32-4-2-31(52)3-5-32)28-42(44)58-24-17-35(18-25-58)67-29-30-15-22-57(23-16-30)34-8-11-37-38(26-34)48(63)59(47(37)62)41-12-13-45(60)56-46(41)61/h2-11,14,21,26-28,30,35,41H,12-13,15-20,22-25,29H2,1H3,(H,54,64)(H,55,65)(H,56,60,61). The number of rotatable bonds is 13. The first-order chi connectivity index (χ1) is 33.0. The number of benzene rings is 4. The number of fused-ring (bicyclic) bond motifs is 2. The number of ether oxygens (including phenoxy) is 3. The Kier molecular flexibility index (Phi) is 12.0. The Hall–Kier alpha value is -7.40. The van der Waals surface area contributed by atoms with Gasteiger partial charge in [0, 0.05) is 67.9 Å². The van der Waals surface area contributed by atoms with Crippen LogP contribution in [-0.2, 0) is 23.9 Å². The van der Waals surface area contributed by atoms with Crippen LogP contribution in [0.1, 0.15) is 72.1 Å². The number of methoxy groups -OCH3 is 1. The van der Waals surface area contributed by atoms with Gasteiger partial charge in [-0.1, -0.05) is 0 Å². The molecule has 0 radical (unpaired) electrons. The van der Waals surface area contributed by atoms with Gasteiger partial charge < -0.3 is 34.6 Å². The lowest BCUT2D eigenvalue weighted by molar-refractivity contribution is -0.136. The molecule has 5 heterocycles. The SMILES string of the molecule is COc1cc2c(Oc3ccc(NC(=O)C4(C(=O)Nc5ccc(F)cc5)CC4)cc3)ccnc2cc1N1CCC(OCC2CCN(c3ccc4c(c3)C(=O)N(C3CCC(=O)NC3=O)C4=O)CC2)CC1. The number of nitrogens with one attached hydrogen (secondary N) is 3. The first kappa shape index (κ1) is 44.4. The summed E-state index contributed by atoms with van der Waals surface area (Å²) in [5, 5.41) is 8.59. The van der Waals surface area contributed by atoms with E-state index in [0.717, 1.165) is 79.0 Å². The number of hydrogen-bond acceptors (Lipinski definition) is 12. The highest BCUT2D eigenvalue weighted by Crippen LogP contribution is 2.48. The first-order valence-electron chi connectivity index (χ1n) is 23.1. The van der Waals surface area contributed by atoms with Crippen molar-refractivity contribution in [3.05, 3.63) is 108 Å². The Labute approximate surface area is 391 Å². The molecule has 3 N–H and O–H groups in total. The van der Waals surface area contributed by atoms with E-state index < -0.39 is 52.7 Å². The van der Waals surface area contributed by atoms with Gasteiger partial charge >= 0.3 is 0 Å². The minimum Gasteiger partial charge on any atom is -0.495 e. The van der Waals surface area contributed by atoms with Crippen molar-refractivity contribution in [2.75, 3.05) is 60.3 Å². The molecule has 5 aliphatic rings. The van der Waals surface area contributed by atoms with Crippen molar-refractivity contribution in [1.29, 1.82) is 0 Å². The third kappa shape index (κ3) is 8.80. The summed E-state index contributed by atoms with van der Waals surface area (Å²) in [6, 6.07) is 22.4. The van der Waals surface area contributed by atoms with E-state index in [-0.39, 0.29) is 30.1 Å². The van der Waals surface area contributed by atoms with Crippen LogP contribution < -0.4 is 35.2 Å². The Morgan fingerprint density at radius 1 is 0.765 bits per heavy atom. The monoisotopic (exact) mass is 923 g/mol. The van der Waals surface area contributed by atoms with Crippen LogP contribution in [0.3, 0.4) is 0 Å². The Morgan fingerprint density at radius 2 is 1.43 bits per heavy atom. The summed E-state index contributed by atoms with van der Waals surface area (Å²) in [4.78, 5) is 87.1. The van der Waals surface area contributed by atoms with Crippen molar-refractivity contribution >= 4 is 69.1 Å². The topological polar surface area (TPSA) is 189 Å². The molecule has 68 heavy (non-hydrogen) atoms. The Balaban J connectivity index is 0.699. The van der Waals surface area contributed by atoms with Gasteiger partial charge in [0.2, 0.25) is 23.6 Å². The van der Waals surface area contributed by atoms with E-state index in [1.807, 2.05) is 18.2 Å². The zero-order valence-corrected chi connectivity index (χ0v) is 37.4. The molecule has 0 spiro atoms. The van der Waals surface area contributed by atoms with Crippen molar-refractivity contribution < 1.29 is 47.4 Å². The number of piperidine rings is 3. The fourth-order valence-electron chi connectivity index (χ4n) is 9.64. The second-order valence-corrected chi connectivity index (χ2v) is 18.1. The maximum Gasteiger partial charge on any atom is 0.262 e. The Morgan fingerprint density at radius 3 is 2.09 bits per heavy atom. The van der Waals surface area contributed by atoms with Gasteiger partial charge in [-0.15, -0.1) is 0 Å². The molecular formula is C51H50FN7O9. The van der Waals surface area contributed by atoms with Crippen molar-refractivity contribution in [2.45, 2.75) is 63.5 Å². The number of pyridine rings is 1. The highest BCUT2D eigenvalue weighted by atomic mass is 19.1. The number of carbonyl (C=O) groups is 6.